The molecule has 0 aromatic heterocycles. The molecular weight excluding hydrogens is 280 g/mol. The molecule has 2 N–H and O–H groups in total. The minimum Gasteiger partial charge on any atom is -0.508 e. The highest BCUT2D eigenvalue weighted by atomic mass is 16.5. The topological polar surface area (TPSA) is 66.8 Å². The molecule has 116 valence electrons. The summed E-state index contributed by atoms with van der Waals surface area (Å²) in [5.74, 6) is -0.621. The summed E-state index contributed by atoms with van der Waals surface area (Å²) in [6, 6.07) is 13.8. The fourth-order valence-corrected chi connectivity index (χ4v) is 2.27. The van der Waals surface area contributed by atoms with Crippen molar-refractivity contribution in [2.75, 3.05) is 0 Å². The predicted molar refractivity (Wildman–Crippen MR) is 84.4 cm³/mol. The maximum absolute atomic E-state index is 11.5. The molecule has 22 heavy (non-hydrogen) atoms. The monoisotopic (exact) mass is 300 g/mol. The lowest BCUT2D eigenvalue weighted by molar-refractivity contribution is -0.138. The Labute approximate surface area is 130 Å². The van der Waals surface area contributed by atoms with Gasteiger partial charge in [0.2, 0.25) is 0 Å². The Kier molecular flexibility index (Phi) is 5.04. The molecule has 0 saturated heterocycles. The molecule has 0 amide bonds. The van der Waals surface area contributed by atoms with Crippen LogP contribution in [0.15, 0.2) is 48.5 Å². The van der Waals surface area contributed by atoms with Crippen LogP contribution in [-0.2, 0) is 11.2 Å². The fourth-order valence-electron chi connectivity index (χ4n) is 2.27. The molecule has 0 radical (unpaired) electrons. The second kappa shape index (κ2) is 6.98. The number of carboxylic acid groups (broad SMARTS) is 1. The van der Waals surface area contributed by atoms with Crippen LogP contribution in [0.4, 0.5) is 0 Å². The predicted octanol–water partition coefficient (Wildman–Crippen LogP) is 3.59. The number of hydrogen-bond acceptors (Lipinski definition) is 3. The van der Waals surface area contributed by atoms with E-state index in [0.717, 1.165) is 11.3 Å². The number of aromatic hydroxyl groups is 1. The first-order chi connectivity index (χ1) is 10.5. The Morgan fingerprint density at radius 3 is 2.14 bits per heavy atom. The van der Waals surface area contributed by atoms with Crippen LogP contribution in [-0.4, -0.2) is 22.3 Å². The van der Waals surface area contributed by atoms with Gasteiger partial charge >= 0.3 is 5.97 Å². The lowest BCUT2D eigenvalue weighted by Gasteiger charge is -2.14. The molecule has 0 spiro atoms. The maximum Gasteiger partial charge on any atom is 0.311 e. The van der Waals surface area contributed by atoms with Crippen molar-refractivity contribution >= 4 is 5.97 Å². The zero-order valence-electron chi connectivity index (χ0n) is 12.7. The normalized spacial score (nSPS) is 12.1. The van der Waals surface area contributed by atoms with Gasteiger partial charge in [-0.1, -0.05) is 24.3 Å². The average molecular weight is 300 g/mol. The highest BCUT2D eigenvalue weighted by Gasteiger charge is 2.20. The number of aliphatic carboxylic acids is 1. The Bertz CT molecular complexity index is 615. The van der Waals surface area contributed by atoms with Gasteiger partial charge < -0.3 is 14.9 Å². The van der Waals surface area contributed by atoms with E-state index < -0.39 is 11.9 Å². The molecule has 0 saturated carbocycles. The van der Waals surface area contributed by atoms with E-state index in [9.17, 15) is 15.0 Å². The molecule has 1 atom stereocenters. The van der Waals surface area contributed by atoms with Crippen molar-refractivity contribution in [1.29, 1.82) is 0 Å². The van der Waals surface area contributed by atoms with E-state index in [1.807, 2.05) is 38.1 Å². The van der Waals surface area contributed by atoms with Crippen molar-refractivity contribution in [3.63, 3.8) is 0 Å². The number of ether oxygens (including phenoxy) is 1. The number of benzene rings is 2. The van der Waals surface area contributed by atoms with Gasteiger partial charge in [0.15, 0.2) is 0 Å². The second-order valence-electron chi connectivity index (χ2n) is 5.50. The van der Waals surface area contributed by atoms with E-state index in [1.54, 1.807) is 12.1 Å². The summed E-state index contributed by atoms with van der Waals surface area (Å²) >= 11 is 0. The standard InChI is InChI=1S/C18H20O4/c1-12(2)22-16-9-3-13(4-10-16)11-17(18(20)21)14-5-7-15(19)8-6-14/h3-10,12,17,19H,11H2,1-2H3,(H,20,21). The zero-order chi connectivity index (χ0) is 16.1. The van der Waals surface area contributed by atoms with Gasteiger partial charge in [-0.05, 0) is 55.7 Å². The lowest BCUT2D eigenvalue weighted by atomic mass is 9.92. The molecule has 2 rings (SSSR count). The summed E-state index contributed by atoms with van der Waals surface area (Å²) in [6.07, 6.45) is 0.497. The molecule has 0 heterocycles. The van der Waals surface area contributed by atoms with Crippen molar-refractivity contribution in [3.05, 3.63) is 59.7 Å². The molecule has 0 bridgehead atoms. The van der Waals surface area contributed by atoms with Gasteiger partial charge in [-0.3, -0.25) is 4.79 Å². The van der Waals surface area contributed by atoms with Gasteiger partial charge in [-0.25, -0.2) is 0 Å². The quantitative estimate of drug-likeness (QED) is 0.855. The summed E-state index contributed by atoms with van der Waals surface area (Å²) in [4.78, 5) is 11.5. The van der Waals surface area contributed by atoms with Gasteiger partial charge in [-0.15, -0.1) is 0 Å². The molecule has 4 heteroatoms. The summed E-state index contributed by atoms with van der Waals surface area (Å²) in [5, 5.41) is 18.8. The molecule has 0 fully saturated rings. The van der Waals surface area contributed by atoms with E-state index in [1.165, 1.54) is 12.1 Å². The van der Waals surface area contributed by atoms with Crippen molar-refractivity contribution in [2.45, 2.75) is 32.3 Å². The minimum absolute atomic E-state index is 0.106. The van der Waals surface area contributed by atoms with Crippen LogP contribution in [0.25, 0.3) is 0 Å². The Hall–Kier alpha value is -2.49. The third kappa shape index (κ3) is 4.25. The first-order valence-corrected chi connectivity index (χ1v) is 7.23. The minimum atomic E-state index is -0.881. The molecule has 4 nitrogen and oxygen atoms in total. The lowest BCUT2D eigenvalue weighted by Crippen LogP contribution is -2.14. The van der Waals surface area contributed by atoms with Crippen LogP contribution < -0.4 is 4.74 Å². The third-order valence-electron chi connectivity index (χ3n) is 3.33. The first-order valence-electron chi connectivity index (χ1n) is 7.23. The molecule has 0 aliphatic carbocycles. The van der Waals surface area contributed by atoms with Gasteiger partial charge in [0.05, 0.1) is 12.0 Å². The van der Waals surface area contributed by atoms with Crippen LogP contribution in [0, 0.1) is 0 Å². The number of rotatable bonds is 6. The SMILES string of the molecule is CC(C)Oc1ccc(CC(C(=O)O)c2ccc(O)cc2)cc1. The molecule has 2 aromatic carbocycles. The number of carbonyl (C=O) groups is 1. The van der Waals surface area contributed by atoms with Crippen molar-refractivity contribution in [2.24, 2.45) is 0 Å². The summed E-state index contributed by atoms with van der Waals surface area (Å²) in [7, 11) is 0. The van der Waals surface area contributed by atoms with Gasteiger partial charge in [0.25, 0.3) is 0 Å². The third-order valence-corrected chi connectivity index (χ3v) is 3.33. The maximum atomic E-state index is 11.5. The van der Waals surface area contributed by atoms with Gasteiger partial charge in [0, 0.05) is 0 Å². The summed E-state index contributed by atoms with van der Waals surface area (Å²) in [6.45, 7) is 3.92. The van der Waals surface area contributed by atoms with Crippen molar-refractivity contribution in [3.8, 4) is 11.5 Å². The molecule has 0 aliphatic rings. The van der Waals surface area contributed by atoms with Crippen LogP contribution in [0.1, 0.15) is 30.9 Å². The highest BCUT2D eigenvalue weighted by Crippen LogP contribution is 2.24. The van der Waals surface area contributed by atoms with E-state index >= 15 is 0 Å². The van der Waals surface area contributed by atoms with E-state index in [2.05, 4.69) is 0 Å². The van der Waals surface area contributed by atoms with Crippen molar-refractivity contribution < 1.29 is 19.7 Å². The Morgan fingerprint density at radius 2 is 1.64 bits per heavy atom. The Balaban J connectivity index is 2.14. The fraction of sp³-hybridized carbons (Fsp3) is 0.278. The molecule has 0 aliphatic heterocycles. The summed E-state index contributed by atoms with van der Waals surface area (Å²) in [5.41, 5.74) is 1.60. The number of hydrogen-bond donors (Lipinski definition) is 2. The van der Waals surface area contributed by atoms with Gasteiger partial charge in [-0.2, -0.15) is 0 Å². The number of carboxylic acids is 1. The highest BCUT2D eigenvalue weighted by molar-refractivity contribution is 5.76. The first kappa shape index (κ1) is 15.9. The molecular formula is C18H20O4. The van der Waals surface area contributed by atoms with Crippen molar-refractivity contribution in [1.82, 2.24) is 0 Å². The van der Waals surface area contributed by atoms with E-state index in [-0.39, 0.29) is 11.9 Å². The van der Waals surface area contributed by atoms with Crippen LogP contribution in [0.2, 0.25) is 0 Å². The number of phenols is 1. The summed E-state index contributed by atoms with van der Waals surface area (Å²) < 4.78 is 5.58. The molecule has 2 aromatic rings. The average Bonchev–Trinajstić information content (AvgIpc) is 2.47. The van der Waals surface area contributed by atoms with Crippen LogP contribution in [0.3, 0.4) is 0 Å². The van der Waals surface area contributed by atoms with Gasteiger partial charge in [0.1, 0.15) is 11.5 Å². The van der Waals surface area contributed by atoms with E-state index in [0.29, 0.717) is 12.0 Å². The number of phenolic OH excluding ortho intramolecular Hbond substituents is 1. The smallest absolute Gasteiger partial charge is 0.311 e. The van der Waals surface area contributed by atoms with Crippen LogP contribution in [0.5, 0.6) is 11.5 Å². The van der Waals surface area contributed by atoms with E-state index in [4.69, 9.17) is 4.74 Å². The largest absolute Gasteiger partial charge is 0.508 e. The Morgan fingerprint density at radius 1 is 1.05 bits per heavy atom. The molecule has 1 unspecified atom stereocenters. The second-order valence-corrected chi connectivity index (χ2v) is 5.50. The zero-order valence-corrected chi connectivity index (χ0v) is 12.7. The van der Waals surface area contributed by atoms with Crippen LogP contribution >= 0.6 is 0 Å².